The summed E-state index contributed by atoms with van der Waals surface area (Å²) >= 11 is 0. The van der Waals surface area contributed by atoms with E-state index in [2.05, 4.69) is 5.10 Å². The molecule has 1 saturated heterocycles. The third kappa shape index (κ3) is 4.01. The Labute approximate surface area is 163 Å². The van der Waals surface area contributed by atoms with Crippen LogP contribution in [0.15, 0.2) is 11.2 Å². The Hall–Kier alpha value is -2.49. The van der Waals surface area contributed by atoms with E-state index in [9.17, 15) is 22.8 Å². The number of aryl methyl sites for hydroxylation is 1. The summed E-state index contributed by atoms with van der Waals surface area (Å²) in [6.45, 7) is 3.27. The zero-order chi connectivity index (χ0) is 20.6. The molecule has 28 heavy (non-hydrogen) atoms. The molecule has 1 atom stereocenters. The highest BCUT2D eigenvalue weighted by Crippen LogP contribution is 2.22. The fraction of sp³-hybridized carbons (Fsp3) is 0.556. The van der Waals surface area contributed by atoms with Gasteiger partial charge in [-0.2, -0.15) is 5.10 Å². The Morgan fingerprint density at radius 2 is 2.00 bits per heavy atom. The monoisotopic (exact) mass is 409 g/mol. The van der Waals surface area contributed by atoms with Gasteiger partial charge in [0.15, 0.2) is 16.4 Å². The number of esters is 1. The molecule has 0 bridgehead atoms. The largest absolute Gasteiger partial charge is 0.453 e. The Bertz CT molecular complexity index is 976. The molecule has 1 aromatic heterocycles. The molecule has 2 aliphatic heterocycles. The summed E-state index contributed by atoms with van der Waals surface area (Å²) in [5, 5.41) is 5.14. The van der Waals surface area contributed by atoms with E-state index in [4.69, 9.17) is 4.74 Å². The van der Waals surface area contributed by atoms with Gasteiger partial charge in [-0.15, -0.1) is 0 Å². The van der Waals surface area contributed by atoms with Crippen LogP contribution in [0.4, 0.5) is 0 Å². The highest BCUT2D eigenvalue weighted by Gasteiger charge is 2.37. The summed E-state index contributed by atoms with van der Waals surface area (Å²) in [6.07, 6.45) is 0.450. The summed E-state index contributed by atoms with van der Waals surface area (Å²) < 4.78 is 30.3. The highest BCUT2D eigenvalue weighted by molar-refractivity contribution is 7.91. The first-order chi connectivity index (χ1) is 13.1. The number of hydrogen-bond donors (Lipinski definition) is 0. The Kier molecular flexibility index (Phi) is 5.42. The molecule has 9 nitrogen and oxygen atoms in total. The van der Waals surface area contributed by atoms with Gasteiger partial charge in [0.2, 0.25) is 11.7 Å². The first kappa shape index (κ1) is 20.2. The number of hydrazone groups is 1. The molecule has 10 heteroatoms. The normalized spacial score (nSPS) is 21.5. The van der Waals surface area contributed by atoms with E-state index in [0.717, 1.165) is 16.4 Å². The predicted molar refractivity (Wildman–Crippen MR) is 101 cm³/mol. The maximum atomic E-state index is 12.4. The lowest BCUT2D eigenvalue weighted by molar-refractivity contribution is -0.136. The number of Topliss-reactive ketones (excluding diaryl/α,β-unsaturated/α-hetero) is 1. The minimum Gasteiger partial charge on any atom is -0.453 e. The molecule has 3 rings (SSSR count). The standard InChI is InChI=1S/C18H23N3O6S/c1-11-8-14(12(2)20(11)3)16(22)9-27-18(24)15-4-5-17(23)21(19-15)13-6-7-28(25,26)10-13/h8,13H,4-7,9-10H2,1-3H3/t13-/m0/s1. The first-order valence-electron chi connectivity index (χ1n) is 9.02. The highest BCUT2D eigenvalue weighted by atomic mass is 32.2. The van der Waals surface area contributed by atoms with Crippen LogP contribution in [0, 0.1) is 13.8 Å². The van der Waals surface area contributed by atoms with E-state index in [1.165, 1.54) is 0 Å². The second-order valence-electron chi connectivity index (χ2n) is 7.18. The Balaban J connectivity index is 1.66. The number of rotatable bonds is 5. The van der Waals surface area contributed by atoms with Crippen LogP contribution >= 0.6 is 0 Å². The van der Waals surface area contributed by atoms with Gasteiger partial charge in [0.25, 0.3) is 0 Å². The number of amides is 1. The molecule has 1 fully saturated rings. The Morgan fingerprint density at radius 3 is 2.57 bits per heavy atom. The number of ether oxygens (including phenoxy) is 1. The molecule has 152 valence electrons. The third-order valence-electron chi connectivity index (χ3n) is 5.26. The molecule has 0 aliphatic carbocycles. The average molecular weight is 409 g/mol. The van der Waals surface area contributed by atoms with Crippen LogP contribution in [0.5, 0.6) is 0 Å². The Morgan fingerprint density at radius 1 is 1.29 bits per heavy atom. The van der Waals surface area contributed by atoms with Crippen molar-refractivity contribution >= 4 is 33.2 Å². The molecular weight excluding hydrogens is 386 g/mol. The molecule has 2 aliphatic rings. The van der Waals surface area contributed by atoms with E-state index < -0.39 is 28.5 Å². The maximum absolute atomic E-state index is 12.4. The lowest BCUT2D eigenvalue weighted by Crippen LogP contribution is -2.42. The molecule has 0 radical (unpaired) electrons. The van der Waals surface area contributed by atoms with Crippen molar-refractivity contribution in [2.24, 2.45) is 12.1 Å². The zero-order valence-electron chi connectivity index (χ0n) is 16.1. The summed E-state index contributed by atoms with van der Waals surface area (Å²) in [4.78, 5) is 36.8. The number of aromatic nitrogens is 1. The zero-order valence-corrected chi connectivity index (χ0v) is 16.9. The number of nitrogens with zero attached hydrogens (tertiary/aromatic N) is 3. The van der Waals surface area contributed by atoms with E-state index in [-0.39, 0.29) is 41.7 Å². The maximum Gasteiger partial charge on any atom is 0.354 e. The van der Waals surface area contributed by atoms with E-state index >= 15 is 0 Å². The fourth-order valence-corrected chi connectivity index (χ4v) is 5.09. The average Bonchev–Trinajstić information content (AvgIpc) is 3.13. The van der Waals surface area contributed by atoms with Crippen LogP contribution in [-0.4, -0.2) is 65.5 Å². The van der Waals surface area contributed by atoms with E-state index in [1.54, 1.807) is 6.07 Å². The molecule has 0 saturated carbocycles. The second kappa shape index (κ2) is 7.50. The van der Waals surface area contributed by atoms with Gasteiger partial charge in [0, 0.05) is 36.8 Å². The summed E-state index contributed by atoms with van der Waals surface area (Å²) in [5.41, 5.74) is 2.22. The van der Waals surface area contributed by atoms with Crippen molar-refractivity contribution in [3.63, 3.8) is 0 Å². The summed E-state index contributed by atoms with van der Waals surface area (Å²) in [5.74, 6) is -1.56. The van der Waals surface area contributed by atoms with Crippen molar-refractivity contribution in [3.8, 4) is 0 Å². The van der Waals surface area contributed by atoms with Gasteiger partial charge in [-0.25, -0.2) is 18.2 Å². The van der Waals surface area contributed by atoms with Crippen LogP contribution in [-0.2, 0) is 31.2 Å². The number of hydrogen-bond acceptors (Lipinski definition) is 7. The number of carbonyl (C=O) groups excluding carboxylic acids is 3. The van der Waals surface area contributed by atoms with Gasteiger partial charge in [-0.1, -0.05) is 0 Å². The van der Waals surface area contributed by atoms with Crippen molar-refractivity contribution < 1.29 is 27.5 Å². The fourth-order valence-electron chi connectivity index (χ4n) is 3.40. The van der Waals surface area contributed by atoms with Gasteiger partial charge < -0.3 is 9.30 Å². The molecule has 3 heterocycles. The quantitative estimate of drug-likeness (QED) is 0.518. The molecule has 0 N–H and O–H groups in total. The van der Waals surface area contributed by atoms with Gasteiger partial charge >= 0.3 is 5.97 Å². The van der Waals surface area contributed by atoms with E-state index in [1.807, 2.05) is 25.5 Å². The minimum absolute atomic E-state index is 0.00108. The molecule has 1 aromatic rings. The van der Waals surface area contributed by atoms with Crippen molar-refractivity contribution in [2.45, 2.75) is 39.2 Å². The number of sulfone groups is 1. The predicted octanol–water partition coefficient (Wildman–Crippen LogP) is 0.533. The van der Waals surface area contributed by atoms with Crippen molar-refractivity contribution in [3.05, 3.63) is 23.0 Å². The van der Waals surface area contributed by atoms with Crippen molar-refractivity contribution in [1.29, 1.82) is 0 Å². The summed E-state index contributed by atoms with van der Waals surface area (Å²) in [6, 6.07) is 1.18. The number of ketones is 1. The van der Waals surface area contributed by atoms with Crippen molar-refractivity contribution in [2.75, 3.05) is 18.1 Å². The molecule has 0 spiro atoms. The van der Waals surface area contributed by atoms with Gasteiger partial charge in [0.05, 0.1) is 17.5 Å². The first-order valence-corrected chi connectivity index (χ1v) is 10.8. The van der Waals surface area contributed by atoms with Crippen LogP contribution in [0.1, 0.15) is 41.0 Å². The van der Waals surface area contributed by atoms with Crippen LogP contribution in [0.3, 0.4) is 0 Å². The molecule has 1 amide bonds. The van der Waals surface area contributed by atoms with Crippen LogP contribution in [0.25, 0.3) is 0 Å². The third-order valence-corrected chi connectivity index (χ3v) is 7.01. The molecular formula is C18H23N3O6S. The van der Waals surface area contributed by atoms with Gasteiger partial charge in [-0.3, -0.25) is 9.59 Å². The summed E-state index contributed by atoms with van der Waals surface area (Å²) in [7, 11) is -1.34. The van der Waals surface area contributed by atoms with Crippen molar-refractivity contribution in [1.82, 2.24) is 9.58 Å². The minimum atomic E-state index is -3.19. The SMILES string of the molecule is Cc1cc(C(=O)COC(=O)C2=NN([C@H]3CCS(=O)(=O)C3)C(=O)CC2)c(C)n1C. The van der Waals surface area contributed by atoms with Crippen LogP contribution in [0.2, 0.25) is 0 Å². The van der Waals surface area contributed by atoms with Crippen LogP contribution < -0.4 is 0 Å². The topological polar surface area (TPSA) is 115 Å². The second-order valence-corrected chi connectivity index (χ2v) is 9.41. The molecule has 0 unspecified atom stereocenters. The van der Waals surface area contributed by atoms with E-state index in [0.29, 0.717) is 12.0 Å². The van der Waals surface area contributed by atoms with Gasteiger partial charge in [0.1, 0.15) is 5.71 Å². The smallest absolute Gasteiger partial charge is 0.354 e. The van der Waals surface area contributed by atoms with Gasteiger partial charge in [-0.05, 0) is 26.3 Å². The molecule has 0 aromatic carbocycles. The lowest BCUT2D eigenvalue weighted by atomic mass is 10.1. The number of carbonyl (C=O) groups is 3. The lowest BCUT2D eigenvalue weighted by Gasteiger charge is -2.27.